The number of benzene rings is 4. The SMILES string of the molecule is CN(C)c1ccc(N=Nc2ccc3nc4ccc(N)cc4[n+](-c4ccccc4)c3c2)cc1.[Cl-]. The lowest BCUT2D eigenvalue weighted by atomic mass is 10.2. The summed E-state index contributed by atoms with van der Waals surface area (Å²) in [5, 5.41) is 8.90. The predicted molar refractivity (Wildman–Crippen MR) is 130 cm³/mol. The first-order valence-corrected chi connectivity index (χ1v) is 10.4. The van der Waals surface area contributed by atoms with Crippen molar-refractivity contribution in [3.8, 4) is 5.69 Å². The maximum Gasteiger partial charge on any atom is 0.239 e. The van der Waals surface area contributed by atoms with E-state index in [1.54, 1.807) is 0 Å². The molecule has 0 saturated carbocycles. The number of anilines is 2. The molecule has 0 aliphatic rings. The van der Waals surface area contributed by atoms with Gasteiger partial charge in [-0.2, -0.15) is 10.2 Å². The normalized spacial score (nSPS) is 11.1. The molecule has 0 spiro atoms. The van der Waals surface area contributed by atoms with Gasteiger partial charge in [-0.25, -0.2) is 4.98 Å². The first-order valence-electron chi connectivity index (χ1n) is 10.4. The number of nitrogens with zero attached hydrogens (tertiary/aromatic N) is 5. The summed E-state index contributed by atoms with van der Waals surface area (Å²) in [6.07, 6.45) is 0. The van der Waals surface area contributed by atoms with E-state index in [0.29, 0.717) is 5.69 Å². The van der Waals surface area contributed by atoms with Crippen molar-refractivity contribution in [2.45, 2.75) is 0 Å². The summed E-state index contributed by atoms with van der Waals surface area (Å²) in [5.41, 5.74) is 14.1. The van der Waals surface area contributed by atoms with Gasteiger partial charge < -0.3 is 23.0 Å². The largest absolute Gasteiger partial charge is 1.00 e. The second-order valence-electron chi connectivity index (χ2n) is 7.81. The molecular weight excluding hydrogens is 432 g/mol. The van der Waals surface area contributed by atoms with Crippen LogP contribution in [0.3, 0.4) is 0 Å². The number of aromatic nitrogens is 2. The van der Waals surface area contributed by atoms with Crippen molar-refractivity contribution in [3.05, 3.63) is 91.0 Å². The lowest BCUT2D eigenvalue weighted by molar-refractivity contribution is -0.538. The third-order valence-corrected chi connectivity index (χ3v) is 5.34. The number of rotatable bonds is 4. The highest BCUT2D eigenvalue weighted by atomic mass is 35.5. The summed E-state index contributed by atoms with van der Waals surface area (Å²) >= 11 is 0. The molecule has 6 nitrogen and oxygen atoms in total. The smallest absolute Gasteiger partial charge is 0.239 e. The molecule has 4 aromatic carbocycles. The Kier molecular flexibility index (Phi) is 6.20. The molecule has 0 fully saturated rings. The van der Waals surface area contributed by atoms with E-state index >= 15 is 0 Å². The Labute approximate surface area is 198 Å². The summed E-state index contributed by atoms with van der Waals surface area (Å²) in [7, 11) is 4.03. The van der Waals surface area contributed by atoms with Crippen molar-refractivity contribution in [3.63, 3.8) is 0 Å². The minimum Gasteiger partial charge on any atom is -1.00 e. The van der Waals surface area contributed by atoms with Crippen LogP contribution in [0.1, 0.15) is 0 Å². The van der Waals surface area contributed by atoms with Gasteiger partial charge in [0.2, 0.25) is 16.7 Å². The molecule has 2 N–H and O–H groups in total. The lowest BCUT2D eigenvalue weighted by Crippen LogP contribution is -3.00. The van der Waals surface area contributed by atoms with Gasteiger partial charge in [0, 0.05) is 49.7 Å². The third kappa shape index (κ3) is 4.47. The van der Waals surface area contributed by atoms with Crippen LogP contribution in [0.4, 0.5) is 22.7 Å². The van der Waals surface area contributed by atoms with E-state index in [4.69, 9.17) is 10.7 Å². The first-order chi connectivity index (χ1) is 15.6. The van der Waals surface area contributed by atoms with Crippen molar-refractivity contribution < 1.29 is 17.0 Å². The fourth-order valence-electron chi connectivity index (χ4n) is 3.71. The standard InChI is InChI=1S/C26H22N6.ClH/c1-31(2)21-12-9-19(10-13-21)29-30-20-11-15-24-26(17-20)32(22-6-4-3-5-7-22)25-16-18(27)8-14-23(25)28-24;/h3-17,27H,1-2H3;1H. The van der Waals surface area contributed by atoms with Crippen LogP contribution in [0.5, 0.6) is 0 Å². The Morgan fingerprint density at radius 1 is 0.727 bits per heavy atom. The topological polar surface area (TPSA) is 70.8 Å². The number of halogens is 1. The van der Waals surface area contributed by atoms with Crippen molar-refractivity contribution >= 4 is 44.8 Å². The van der Waals surface area contributed by atoms with Gasteiger partial charge in [-0.3, -0.25) is 0 Å². The van der Waals surface area contributed by atoms with Gasteiger partial charge >= 0.3 is 0 Å². The number of hydrogen-bond acceptors (Lipinski definition) is 5. The maximum absolute atomic E-state index is 6.11. The van der Waals surface area contributed by atoms with Crippen molar-refractivity contribution in [1.82, 2.24) is 4.98 Å². The molecule has 33 heavy (non-hydrogen) atoms. The van der Waals surface area contributed by atoms with Gasteiger partial charge in [0.15, 0.2) is 0 Å². The minimum atomic E-state index is 0. The summed E-state index contributed by atoms with van der Waals surface area (Å²) < 4.78 is 2.17. The van der Waals surface area contributed by atoms with Crippen molar-refractivity contribution in [2.24, 2.45) is 10.2 Å². The molecule has 0 unspecified atom stereocenters. The fraction of sp³-hybridized carbons (Fsp3) is 0.0769. The van der Waals surface area contributed by atoms with Crippen LogP contribution in [0, 0.1) is 0 Å². The fourth-order valence-corrected chi connectivity index (χ4v) is 3.71. The van der Waals surface area contributed by atoms with Crippen molar-refractivity contribution in [1.29, 1.82) is 0 Å². The van der Waals surface area contributed by atoms with E-state index in [0.717, 1.165) is 44.8 Å². The quantitative estimate of drug-likeness (QED) is 0.196. The molecule has 0 atom stereocenters. The average molecular weight is 455 g/mol. The molecule has 1 heterocycles. The number of nitrogens with two attached hydrogens (primary N) is 1. The highest BCUT2D eigenvalue weighted by Gasteiger charge is 2.20. The van der Waals surface area contributed by atoms with E-state index < -0.39 is 0 Å². The summed E-state index contributed by atoms with van der Waals surface area (Å²) in [5.74, 6) is 0. The van der Waals surface area contributed by atoms with Crippen LogP contribution >= 0.6 is 0 Å². The molecule has 0 radical (unpaired) electrons. The number of azo groups is 1. The summed E-state index contributed by atoms with van der Waals surface area (Å²) in [6.45, 7) is 0. The van der Waals surface area contributed by atoms with E-state index in [-0.39, 0.29) is 12.4 Å². The van der Waals surface area contributed by atoms with Gasteiger partial charge in [-0.05, 0) is 48.5 Å². The van der Waals surface area contributed by atoms with Crippen LogP contribution in [-0.4, -0.2) is 19.1 Å². The highest BCUT2D eigenvalue weighted by Crippen LogP contribution is 2.25. The Balaban J connectivity index is 0.00000259. The molecule has 0 bridgehead atoms. The highest BCUT2D eigenvalue weighted by molar-refractivity contribution is 5.85. The lowest BCUT2D eigenvalue weighted by Gasteiger charge is -2.11. The Morgan fingerprint density at radius 3 is 2.03 bits per heavy atom. The number of fused-ring (bicyclic) bond motifs is 2. The average Bonchev–Trinajstić information content (AvgIpc) is 2.82. The van der Waals surface area contributed by atoms with Crippen LogP contribution < -0.4 is 27.6 Å². The van der Waals surface area contributed by atoms with Crippen LogP contribution in [0.15, 0.2) is 101 Å². The molecule has 0 aliphatic carbocycles. The zero-order valence-electron chi connectivity index (χ0n) is 18.4. The van der Waals surface area contributed by atoms with Crippen LogP contribution in [-0.2, 0) is 0 Å². The van der Waals surface area contributed by atoms with E-state index in [1.165, 1.54) is 0 Å². The second-order valence-corrected chi connectivity index (χ2v) is 7.81. The van der Waals surface area contributed by atoms with Gasteiger partial charge in [-0.1, -0.05) is 18.2 Å². The molecule has 0 aliphatic heterocycles. The number of para-hydroxylation sites is 1. The van der Waals surface area contributed by atoms with Gasteiger partial charge in [0.25, 0.3) is 0 Å². The number of nitrogen functional groups attached to an aromatic ring is 1. The molecule has 0 amide bonds. The minimum absolute atomic E-state index is 0. The van der Waals surface area contributed by atoms with Crippen LogP contribution in [0.2, 0.25) is 0 Å². The Bertz CT molecular complexity index is 1450. The predicted octanol–water partition coefficient (Wildman–Crippen LogP) is 2.73. The molecule has 0 saturated heterocycles. The van der Waals surface area contributed by atoms with Gasteiger partial charge in [0.05, 0.1) is 11.4 Å². The van der Waals surface area contributed by atoms with E-state index in [9.17, 15) is 0 Å². The van der Waals surface area contributed by atoms with Crippen molar-refractivity contribution in [2.75, 3.05) is 24.7 Å². The summed E-state index contributed by atoms with van der Waals surface area (Å²) in [6, 6.07) is 29.9. The zero-order valence-corrected chi connectivity index (χ0v) is 19.1. The zero-order chi connectivity index (χ0) is 22.1. The maximum atomic E-state index is 6.11. The van der Waals surface area contributed by atoms with E-state index in [2.05, 4.69) is 31.8 Å². The van der Waals surface area contributed by atoms with E-state index in [1.807, 2.05) is 93.0 Å². The molecule has 5 rings (SSSR count). The van der Waals surface area contributed by atoms with Gasteiger partial charge in [-0.15, -0.1) is 4.57 Å². The Hall–Kier alpha value is -4.03. The second kappa shape index (κ2) is 9.22. The number of hydrogen-bond donors (Lipinski definition) is 1. The molecule has 7 heteroatoms. The van der Waals surface area contributed by atoms with Crippen LogP contribution in [0.25, 0.3) is 27.8 Å². The first kappa shape index (κ1) is 22.2. The molecule has 1 aromatic heterocycles. The molecule has 164 valence electrons. The van der Waals surface area contributed by atoms with Gasteiger partial charge in [0.1, 0.15) is 11.0 Å². The summed E-state index contributed by atoms with van der Waals surface area (Å²) in [4.78, 5) is 6.89. The monoisotopic (exact) mass is 454 g/mol. The third-order valence-electron chi connectivity index (χ3n) is 5.34. The molecule has 5 aromatic rings. The molecular formula is C26H23ClN6. The Morgan fingerprint density at radius 2 is 1.33 bits per heavy atom.